The van der Waals surface area contributed by atoms with E-state index in [0.29, 0.717) is 49.1 Å². The summed E-state index contributed by atoms with van der Waals surface area (Å²) in [6.45, 7) is 2.58. The molecule has 166 valence electrons. The highest BCUT2D eigenvalue weighted by Gasteiger charge is 2.25. The molecule has 0 aliphatic carbocycles. The molecule has 1 aromatic heterocycles. The predicted octanol–water partition coefficient (Wildman–Crippen LogP) is 4.06. The molecule has 0 unspecified atom stereocenters. The topological polar surface area (TPSA) is 58.4 Å². The van der Waals surface area contributed by atoms with Crippen LogP contribution in [0, 0.1) is 0 Å². The highest BCUT2D eigenvalue weighted by molar-refractivity contribution is 6.30. The van der Waals surface area contributed by atoms with Crippen LogP contribution in [0.1, 0.15) is 15.9 Å². The van der Waals surface area contributed by atoms with E-state index in [4.69, 9.17) is 16.6 Å². The SMILES string of the molecule is O=C(c1cccc(Cl)c1)N1CCN(c2nc3ccccc3n(Cc3ccccc3)c2=O)CC1. The number of nitrogens with zero attached hydrogens (tertiary/aromatic N) is 4. The van der Waals surface area contributed by atoms with Crippen molar-refractivity contribution in [3.8, 4) is 0 Å². The summed E-state index contributed by atoms with van der Waals surface area (Å²) in [5.41, 5.74) is 3.10. The van der Waals surface area contributed by atoms with Gasteiger partial charge in [-0.15, -0.1) is 0 Å². The second-order valence-corrected chi connectivity index (χ2v) is 8.53. The smallest absolute Gasteiger partial charge is 0.294 e. The number of amides is 1. The first-order chi connectivity index (χ1) is 16.1. The minimum Gasteiger partial charge on any atom is -0.348 e. The summed E-state index contributed by atoms with van der Waals surface area (Å²) in [5, 5.41) is 0.541. The molecule has 3 aromatic carbocycles. The molecule has 0 bridgehead atoms. The fraction of sp³-hybridized carbons (Fsp3) is 0.192. The van der Waals surface area contributed by atoms with Crippen molar-refractivity contribution in [3.05, 3.63) is 105 Å². The van der Waals surface area contributed by atoms with E-state index in [1.807, 2.05) is 59.5 Å². The molecular weight excluding hydrogens is 436 g/mol. The number of carbonyl (C=O) groups is 1. The number of carbonyl (C=O) groups excluding carboxylic acids is 1. The molecule has 1 aliphatic rings. The number of benzene rings is 3. The van der Waals surface area contributed by atoms with Crippen LogP contribution in [0.4, 0.5) is 5.82 Å². The standard InChI is InChI=1S/C26H23ClN4O2/c27-21-10-6-9-20(17-21)25(32)30-15-13-29(14-16-30)24-26(33)31(18-19-7-2-1-3-8-19)23-12-5-4-11-22(23)28-24/h1-12,17H,13-16,18H2. The van der Waals surface area contributed by atoms with Gasteiger partial charge in [-0.3, -0.25) is 14.2 Å². The maximum Gasteiger partial charge on any atom is 0.294 e. The summed E-state index contributed by atoms with van der Waals surface area (Å²) >= 11 is 6.04. The number of anilines is 1. The zero-order chi connectivity index (χ0) is 22.8. The van der Waals surface area contributed by atoms with Crippen LogP contribution in [-0.4, -0.2) is 46.5 Å². The summed E-state index contributed by atoms with van der Waals surface area (Å²) in [7, 11) is 0. The van der Waals surface area contributed by atoms with Crippen molar-refractivity contribution in [3.63, 3.8) is 0 Å². The monoisotopic (exact) mass is 458 g/mol. The number of aromatic nitrogens is 2. The molecule has 1 aliphatic heterocycles. The van der Waals surface area contributed by atoms with E-state index in [2.05, 4.69) is 0 Å². The van der Waals surface area contributed by atoms with Crippen LogP contribution >= 0.6 is 11.6 Å². The molecule has 0 saturated carbocycles. The van der Waals surface area contributed by atoms with E-state index in [1.165, 1.54) is 0 Å². The number of halogens is 1. The van der Waals surface area contributed by atoms with Crippen LogP contribution in [0.15, 0.2) is 83.7 Å². The first-order valence-corrected chi connectivity index (χ1v) is 11.3. The summed E-state index contributed by atoms with van der Waals surface area (Å²) in [6.07, 6.45) is 0. The van der Waals surface area contributed by atoms with Crippen LogP contribution in [0.5, 0.6) is 0 Å². The van der Waals surface area contributed by atoms with Crippen LogP contribution in [0.2, 0.25) is 5.02 Å². The van der Waals surface area contributed by atoms with Crippen molar-refractivity contribution in [2.45, 2.75) is 6.54 Å². The molecule has 6 nitrogen and oxygen atoms in total. The van der Waals surface area contributed by atoms with Gasteiger partial charge >= 0.3 is 0 Å². The van der Waals surface area contributed by atoms with Crippen LogP contribution in [0.3, 0.4) is 0 Å². The average molecular weight is 459 g/mol. The van der Waals surface area contributed by atoms with Crippen LogP contribution in [-0.2, 0) is 6.54 Å². The Morgan fingerprint density at radius 2 is 1.61 bits per heavy atom. The van der Waals surface area contributed by atoms with E-state index in [1.54, 1.807) is 33.7 Å². The van der Waals surface area contributed by atoms with Crippen molar-refractivity contribution < 1.29 is 4.79 Å². The quantitative estimate of drug-likeness (QED) is 0.462. The lowest BCUT2D eigenvalue weighted by Gasteiger charge is -2.35. The Bertz CT molecular complexity index is 1360. The highest BCUT2D eigenvalue weighted by Crippen LogP contribution is 2.19. The minimum atomic E-state index is -0.118. The minimum absolute atomic E-state index is 0.0508. The number of para-hydroxylation sites is 2. The Kier molecular flexibility index (Phi) is 5.84. The Hall–Kier alpha value is -3.64. The Balaban J connectivity index is 1.42. The molecule has 4 aromatic rings. The third kappa shape index (κ3) is 4.34. The Labute approximate surface area is 196 Å². The van der Waals surface area contributed by atoms with Gasteiger partial charge in [-0.05, 0) is 35.9 Å². The largest absolute Gasteiger partial charge is 0.348 e. The van der Waals surface area contributed by atoms with E-state index in [-0.39, 0.29) is 11.5 Å². The third-order valence-corrected chi connectivity index (χ3v) is 6.19. The number of hydrogen-bond acceptors (Lipinski definition) is 4. The van der Waals surface area contributed by atoms with Gasteiger partial charge in [0.25, 0.3) is 11.5 Å². The van der Waals surface area contributed by atoms with Gasteiger partial charge in [0, 0.05) is 36.8 Å². The predicted molar refractivity (Wildman–Crippen MR) is 131 cm³/mol. The second-order valence-electron chi connectivity index (χ2n) is 8.09. The van der Waals surface area contributed by atoms with E-state index in [9.17, 15) is 9.59 Å². The fourth-order valence-corrected chi connectivity index (χ4v) is 4.42. The third-order valence-electron chi connectivity index (χ3n) is 5.96. The van der Waals surface area contributed by atoms with Crippen LogP contribution in [0.25, 0.3) is 11.0 Å². The molecule has 0 radical (unpaired) electrons. The number of piperazine rings is 1. The molecule has 7 heteroatoms. The zero-order valence-electron chi connectivity index (χ0n) is 18.0. The fourth-order valence-electron chi connectivity index (χ4n) is 4.23. The van der Waals surface area contributed by atoms with Crippen molar-refractivity contribution in [1.29, 1.82) is 0 Å². The first-order valence-electron chi connectivity index (χ1n) is 10.9. The molecule has 1 amide bonds. The highest BCUT2D eigenvalue weighted by atomic mass is 35.5. The molecule has 2 heterocycles. The molecule has 5 rings (SSSR count). The lowest BCUT2D eigenvalue weighted by molar-refractivity contribution is 0.0746. The molecule has 1 fully saturated rings. The zero-order valence-corrected chi connectivity index (χ0v) is 18.8. The molecule has 0 atom stereocenters. The van der Waals surface area contributed by atoms with Crippen molar-refractivity contribution in [1.82, 2.24) is 14.5 Å². The first kappa shape index (κ1) is 21.2. The van der Waals surface area contributed by atoms with Crippen molar-refractivity contribution in [2.24, 2.45) is 0 Å². The number of rotatable bonds is 4. The summed E-state index contributed by atoms with van der Waals surface area (Å²) < 4.78 is 1.79. The van der Waals surface area contributed by atoms with Gasteiger partial charge in [0.1, 0.15) is 0 Å². The molecule has 0 spiro atoms. The molecular formula is C26H23ClN4O2. The van der Waals surface area contributed by atoms with Gasteiger partial charge in [0.05, 0.1) is 17.6 Å². The van der Waals surface area contributed by atoms with E-state index in [0.717, 1.165) is 16.6 Å². The molecule has 0 N–H and O–H groups in total. The summed E-state index contributed by atoms with van der Waals surface area (Å²) in [6, 6.07) is 24.6. The maximum atomic E-state index is 13.5. The Morgan fingerprint density at radius 1 is 0.879 bits per heavy atom. The molecule has 1 saturated heterocycles. The Morgan fingerprint density at radius 3 is 2.36 bits per heavy atom. The number of fused-ring (bicyclic) bond motifs is 1. The lowest BCUT2D eigenvalue weighted by Crippen LogP contribution is -2.50. The van der Waals surface area contributed by atoms with Gasteiger partial charge in [-0.2, -0.15) is 0 Å². The maximum absolute atomic E-state index is 13.5. The van der Waals surface area contributed by atoms with Crippen molar-refractivity contribution >= 4 is 34.4 Å². The summed E-state index contributed by atoms with van der Waals surface area (Å²) in [5.74, 6) is 0.379. The lowest BCUT2D eigenvalue weighted by atomic mass is 10.2. The normalized spacial score (nSPS) is 14.0. The van der Waals surface area contributed by atoms with E-state index >= 15 is 0 Å². The number of hydrogen-bond donors (Lipinski definition) is 0. The average Bonchev–Trinajstić information content (AvgIpc) is 2.86. The van der Waals surface area contributed by atoms with E-state index < -0.39 is 0 Å². The summed E-state index contributed by atoms with van der Waals surface area (Å²) in [4.78, 5) is 34.9. The van der Waals surface area contributed by atoms with Crippen molar-refractivity contribution in [2.75, 3.05) is 31.1 Å². The van der Waals surface area contributed by atoms with Gasteiger partial charge < -0.3 is 9.80 Å². The van der Waals surface area contributed by atoms with Gasteiger partial charge in [-0.1, -0.05) is 60.1 Å². The second kappa shape index (κ2) is 9.08. The molecule has 33 heavy (non-hydrogen) atoms. The van der Waals surface area contributed by atoms with Gasteiger partial charge in [-0.25, -0.2) is 4.98 Å². The van der Waals surface area contributed by atoms with Crippen LogP contribution < -0.4 is 10.5 Å². The van der Waals surface area contributed by atoms with Gasteiger partial charge in [0.15, 0.2) is 5.82 Å². The van der Waals surface area contributed by atoms with Gasteiger partial charge in [0.2, 0.25) is 0 Å².